The van der Waals surface area contributed by atoms with Crippen LogP contribution in [0.25, 0.3) is 0 Å². The zero-order chi connectivity index (χ0) is 14.2. The van der Waals surface area contributed by atoms with E-state index in [4.69, 9.17) is 9.47 Å². The lowest BCUT2D eigenvalue weighted by Gasteiger charge is -2.08. The molecule has 0 spiro atoms. The van der Waals surface area contributed by atoms with Gasteiger partial charge in [-0.25, -0.2) is 4.98 Å². The number of aryl methyl sites for hydroxylation is 1. The number of anilines is 1. The quantitative estimate of drug-likeness (QED) is 0.738. The fraction of sp³-hybridized carbons (Fsp3) is 0.462. The van der Waals surface area contributed by atoms with Crippen LogP contribution in [-0.4, -0.2) is 40.3 Å². The van der Waals surface area contributed by atoms with Gasteiger partial charge in [-0.2, -0.15) is 9.97 Å². The third kappa shape index (κ3) is 4.11. The van der Waals surface area contributed by atoms with Gasteiger partial charge in [-0.15, -0.1) is 0 Å². The number of imidazole rings is 1. The molecule has 20 heavy (non-hydrogen) atoms. The molecule has 0 unspecified atom stereocenters. The lowest BCUT2D eigenvalue weighted by Crippen LogP contribution is -2.08. The summed E-state index contributed by atoms with van der Waals surface area (Å²) < 4.78 is 12.2. The number of rotatable bonds is 8. The van der Waals surface area contributed by atoms with E-state index in [1.54, 1.807) is 26.5 Å². The first kappa shape index (κ1) is 14.1. The number of nitrogens with one attached hydrogen (secondary N) is 1. The Labute approximate surface area is 118 Å². The number of ether oxygens (including phenoxy) is 2. The van der Waals surface area contributed by atoms with Crippen molar-refractivity contribution in [2.45, 2.75) is 19.4 Å². The summed E-state index contributed by atoms with van der Waals surface area (Å²) in [5.41, 5.74) is 0. The highest BCUT2D eigenvalue weighted by Crippen LogP contribution is 2.17. The van der Waals surface area contributed by atoms with Crippen LogP contribution < -0.4 is 14.8 Å². The predicted octanol–water partition coefficient (Wildman–Crippen LogP) is 1.58. The summed E-state index contributed by atoms with van der Waals surface area (Å²) in [6.45, 7) is 1.76. The van der Waals surface area contributed by atoms with Crippen molar-refractivity contribution in [3.8, 4) is 11.8 Å². The predicted molar refractivity (Wildman–Crippen MR) is 75.1 cm³/mol. The van der Waals surface area contributed by atoms with Crippen LogP contribution in [0.1, 0.15) is 12.8 Å². The van der Waals surface area contributed by atoms with Crippen LogP contribution in [0.15, 0.2) is 24.8 Å². The number of methoxy groups -OCH3 is 2. The largest absolute Gasteiger partial charge is 0.481 e. The van der Waals surface area contributed by atoms with E-state index in [0.717, 1.165) is 25.9 Å². The fourth-order valence-electron chi connectivity index (χ4n) is 1.73. The van der Waals surface area contributed by atoms with Crippen molar-refractivity contribution in [1.29, 1.82) is 0 Å². The van der Waals surface area contributed by atoms with Gasteiger partial charge in [0.15, 0.2) is 0 Å². The first-order valence-electron chi connectivity index (χ1n) is 6.48. The van der Waals surface area contributed by atoms with E-state index in [2.05, 4.69) is 24.8 Å². The van der Waals surface area contributed by atoms with Gasteiger partial charge in [0, 0.05) is 25.5 Å². The smallest absolute Gasteiger partial charge is 0.229 e. The molecule has 0 aliphatic heterocycles. The summed E-state index contributed by atoms with van der Waals surface area (Å²) in [4.78, 5) is 12.4. The van der Waals surface area contributed by atoms with E-state index in [-0.39, 0.29) is 0 Å². The molecule has 0 fully saturated rings. The minimum atomic E-state index is 0.484. The summed E-state index contributed by atoms with van der Waals surface area (Å²) in [6, 6.07) is 1.64. The molecule has 7 nitrogen and oxygen atoms in total. The second-order valence-corrected chi connectivity index (χ2v) is 4.21. The van der Waals surface area contributed by atoms with Crippen molar-refractivity contribution >= 4 is 5.95 Å². The summed E-state index contributed by atoms with van der Waals surface area (Å²) in [5.74, 6) is 1.49. The molecule has 0 atom stereocenters. The van der Waals surface area contributed by atoms with Crippen LogP contribution >= 0.6 is 0 Å². The SMILES string of the molecule is COc1cc(OC)nc(NCCCCn2ccnc2)n1. The Bertz CT molecular complexity index is 493. The Hall–Kier alpha value is -2.31. The number of aromatic nitrogens is 4. The van der Waals surface area contributed by atoms with Gasteiger partial charge in [-0.1, -0.05) is 0 Å². The van der Waals surface area contributed by atoms with Crippen molar-refractivity contribution in [3.63, 3.8) is 0 Å². The lowest BCUT2D eigenvalue weighted by atomic mass is 10.3. The number of nitrogens with zero attached hydrogens (tertiary/aromatic N) is 4. The van der Waals surface area contributed by atoms with Crippen molar-refractivity contribution in [2.75, 3.05) is 26.1 Å². The Morgan fingerprint density at radius 2 is 1.90 bits per heavy atom. The Kier molecular flexibility index (Phi) is 5.16. The third-order valence-corrected chi connectivity index (χ3v) is 2.78. The maximum absolute atomic E-state index is 5.09. The lowest BCUT2D eigenvalue weighted by molar-refractivity contribution is 0.373. The minimum Gasteiger partial charge on any atom is -0.481 e. The molecule has 0 bridgehead atoms. The van der Waals surface area contributed by atoms with Crippen LogP contribution in [0.3, 0.4) is 0 Å². The summed E-state index contributed by atoms with van der Waals surface area (Å²) in [5, 5.41) is 3.17. The molecule has 2 aromatic rings. The van der Waals surface area contributed by atoms with Crippen molar-refractivity contribution < 1.29 is 9.47 Å². The summed E-state index contributed by atoms with van der Waals surface area (Å²) in [7, 11) is 3.13. The van der Waals surface area contributed by atoms with E-state index in [0.29, 0.717) is 17.7 Å². The number of unbranched alkanes of at least 4 members (excludes halogenated alkanes) is 1. The van der Waals surface area contributed by atoms with Gasteiger partial charge in [0.2, 0.25) is 17.7 Å². The highest BCUT2D eigenvalue weighted by molar-refractivity contribution is 5.33. The molecule has 108 valence electrons. The van der Waals surface area contributed by atoms with Crippen molar-refractivity contribution in [3.05, 3.63) is 24.8 Å². The van der Waals surface area contributed by atoms with Gasteiger partial charge in [0.1, 0.15) is 0 Å². The van der Waals surface area contributed by atoms with E-state index < -0.39 is 0 Å². The van der Waals surface area contributed by atoms with Gasteiger partial charge in [0.25, 0.3) is 0 Å². The van der Waals surface area contributed by atoms with E-state index in [1.165, 1.54) is 0 Å². The molecule has 2 rings (SSSR count). The van der Waals surface area contributed by atoms with Crippen LogP contribution in [-0.2, 0) is 6.54 Å². The molecule has 0 amide bonds. The molecule has 0 aliphatic carbocycles. The van der Waals surface area contributed by atoms with Crippen LogP contribution in [0, 0.1) is 0 Å². The average Bonchev–Trinajstić information content (AvgIpc) is 2.99. The molecule has 2 heterocycles. The highest BCUT2D eigenvalue weighted by Gasteiger charge is 2.04. The molecule has 7 heteroatoms. The first-order valence-corrected chi connectivity index (χ1v) is 6.48. The maximum atomic E-state index is 5.09. The highest BCUT2D eigenvalue weighted by atomic mass is 16.5. The summed E-state index contributed by atoms with van der Waals surface area (Å²) >= 11 is 0. The molecule has 0 saturated carbocycles. The second-order valence-electron chi connectivity index (χ2n) is 4.21. The molecule has 0 aliphatic rings. The normalized spacial score (nSPS) is 10.3. The van der Waals surface area contributed by atoms with Crippen LogP contribution in [0.5, 0.6) is 11.8 Å². The standard InChI is InChI=1S/C13H19N5O2/c1-19-11-9-12(20-2)17-13(16-11)15-5-3-4-7-18-8-6-14-10-18/h6,8-10H,3-5,7H2,1-2H3,(H,15,16,17). The zero-order valence-electron chi connectivity index (χ0n) is 11.7. The first-order chi connectivity index (χ1) is 9.81. The van der Waals surface area contributed by atoms with Crippen LogP contribution in [0.2, 0.25) is 0 Å². The molecule has 0 saturated heterocycles. The van der Waals surface area contributed by atoms with Gasteiger partial charge in [-0.05, 0) is 12.8 Å². The minimum absolute atomic E-state index is 0.484. The van der Waals surface area contributed by atoms with Crippen molar-refractivity contribution in [1.82, 2.24) is 19.5 Å². The topological polar surface area (TPSA) is 74.1 Å². The van der Waals surface area contributed by atoms with E-state index >= 15 is 0 Å². The fourth-order valence-corrected chi connectivity index (χ4v) is 1.73. The van der Waals surface area contributed by atoms with E-state index in [9.17, 15) is 0 Å². The average molecular weight is 277 g/mol. The monoisotopic (exact) mass is 277 g/mol. The summed E-state index contributed by atoms with van der Waals surface area (Å²) in [6.07, 6.45) is 7.65. The molecule has 1 N–H and O–H groups in total. The Morgan fingerprint density at radius 1 is 1.15 bits per heavy atom. The van der Waals surface area contributed by atoms with E-state index in [1.807, 2.05) is 12.5 Å². The molecular formula is C13H19N5O2. The molecule has 2 aromatic heterocycles. The second kappa shape index (κ2) is 7.32. The Balaban J connectivity index is 1.75. The zero-order valence-corrected chi connectivity index (χ0v) is 11.7. The van der Waals surface area contributed by atoms with Gasteiger partial charge in [0.05, 0.1) is 26.6 Å². The number of hydrogen-bond acceptors (Lipinski definition) is 6. The maximum Gasteiger partial charge on any atom is 0.229 e. The van der Waals surface area contributed by atoms with Gasteiger partial charge in [-0.3, -0.25) is 0 Å². The molecule has 0 radical (unpaired) electrons. The van der Waals surface area contributed by atoms with Gasteiger partial charge < -0.3 is 19.4 Å². The van der Waals surface area contributed by atoms with Crippen LogP contribution in [0.4, 0.5) is 5.95 Å². The Morgan fingerprint density at radius 3 is 2.50 bits per heavy atom. The van der Waals surface area contributed by atoms with Gasteiger partial charge >= 0.3 is 0 Å². The third-order valence-electron chi connectivity index (χ3n) is 2.78. The number of hydrogen-bond donors (Lipinski definition) is 1. The molecule has 0 aromatic carbocycles. The molecular weight excluding hydrogens is 258 g/mol. The van der Waals surface area contributed by atoms with Crippen molar-refractivity contribution in [2.24, 2.45) is 0 Å².